The number of hydrogen-bond acceptors (Lipinski definition) is 3. The second-order valence-corrected chi connectivity index (χ2v) is 19.5. The summed E-state index contributed by atoms with van der Waals surface area (Å²) in [7, 11) is -1.82. The fourth-order valence-electron chi connectivity index (χ4n) is 6.67. The molecule has 0 unspecified atom stereocenters. The molecular formula is C51H42IrN2OSi-2. The van der Waals surface area contributed by atoms with Gasteiger partial charge < -0.3 is 14.4 Å². The first-order valence-corrected chi connectivity index (χ1v) is 21.8. The third-order valence-electron chi connectivity index (χ3n) is 9.52. The van der Waals surface area contributed by atoms with E-state index in [4.69, 9.17) is 16.3 Å². The van der Waals surface area contributed by atoms with Gasteiger partial charge in [0.15, 0.2) is 0 Å². The van der Waals surface area contributed by atoms with Crippen LogP contribution in [0.5, 0.6) is 0 Å². The monoisotopic (exact) mass is 924 g/mol. The van der Waals surface area contributed by atoms with Crippen molar-refractivity contribution in [1.82, 2.24) is 9.97 Å². The van der Waals surface area contributed by atoms with Crippen molar-refractivity contribution in [3.05, 3.63) is 199 Å². The molecule has 0 fully saturated rings. The molecule has 0 saturated heterocycles. The number of hydrogen-bond donors (Lipinski definition) is 0. The average molecular weight is 924 g/mol. The Morgan fingerprint density at radius 1 is 0.625 bits per heavy atom. The van der Waals surface area contributed by atoms with Crippen molar-refractivity contribution >= 4 is 35.2 Å². The summed E-state index contributed by atoms with van der Waals surface area (Å²) in [6.07, 6.45) is 1.92. The Kier molecular flexibility index (Phi) is 9.86. The Labute approximate surface area is 351 Å². The number of aryl methyl sites for hydroxylation is 1. The van der Waals surface area contributed by atoms with Crippen LogP contribution in [0.25, 0.3) is 66.7 Å². The number of fused-ring (bicyclic) bond motifs is 3. The fraction of sp³-hybridized carbons (Fsp3) is 0.0980. The number of nitrogens with zero attached hydrogens (tertiary/aromatic N) is 2. The SMILES string of the molecule is [2H]C([2H])([2H])c1cc(-c2[c-]cc3oc4ccccc4c3c2)ncc1-c1ccccc1.[2H]C([2H])(c1ccccc1)c1cc(-c2[c-]ccc(-c3ccccc3)c2)ncc1[Si](C)(C)C.[Ir]. The van der Waals surface area contributed by atoms with E-state index in [1.54, 1.807) is 18.3 Å². The zero-order valence-corrected chi connectivity index (χ0v) is 34.7. The topological polar surface area (TPSA) is 38.9 Å². The smallest absolute Gasteiger partial charge is 0.120 e. The number of benzene rings is 6. The van der Waals surface area contributed by atoms with E-state index < -0.39 is 21.3 Å². The Hall–Kier alpha value is -5.71. The fourth-order valence-corrected chi connectivity index (χ4v) is 8.07. The maximum absolute atomic E-state index is 9.02. The average Bonchev–Trinajstić information content (AvgIpc) is 3.65. The van der Waals surface area contributed by atoms with E-state index in [0.717, 1.165) is 60.6 Å². The summed E-state index contributed by atoms with van der Waals surface area (Å²) in [5.41, 5.74) is 9.79. The summed E-state index contributed by atoms with van der Waals surface area (Å²) in [4.78, 5) is 9.31. The van der Waals surface area contributed by atoms with E-state index in [9.17, 15) is 0 Å². The van der Waals surface area contributed by atoms with Crippen molar-refractivity contribution < 1.29 is 31.4 Å². The van der Waals surface area contributed by atoms with Gasteiger partial charge in [-0.05, 0) is 58.1 Å². The van der Waals surface area contributed by atoms with Crippen LogP contribution < -0.4 is 5.19 Å². The van der Waals surface area contributed by atoms with Crippen LogP contribution >= 0.6 is 0 Å². The van der Waals surface area contributed by atoms with Crippen LogP contribution in [0.3, 0.4) is 0 Å². The van der Waals surface area contributed by atoms with Crippen LogP contribution in [0.1, 0.15) is 23.5 Å². The van der Waals surface area contributed by atoms with Gasteiger partial charge >= 0.3 is 0 Å². The van der Waals surface area contributed by atoms with Crippen molar-refractivity contribution in [1.29, 1.82) is 0 Å². The van der Waals surface area contributed by atoms with E-state index in [1.165, 1.54) is 0 Å². The Bertz CT molecular complexity index is 2930. The number of furan rings is 1. The molecule has 0 N–H and O–H groups in total. The zero-order chi connectivity index (χ0) is 42.1. The van der Waals surface area contributed by atoms with Crippen LogP contribution in [0.15, 0.2) is 175 Å². The molecule has 56 heavy (non-hydrogen) atoms. The normalized spacial score (nSPS) is 12.9. The molecule has 0 amide bonds. The first kappa shape index (κ1) is 32.5. The number of aromatic nitrogens is 2. The third kappa shape index (κ3) is 8.56. The second kappa shape index (κ2) is 17.0. The molecular weight excluding hydrogens is 877 g/mol. The second-order valence-electron chi connectivity index (χ2n) is 14.4. The largest absolute Gasteiger partial charge is 0.500 e. The molecule has 1 radical (unpaired) electrons. The van der Waals surface area contributed by atoms with Crippen molar-refractivity contribution in [2.24, 2.45) is 0 Å². The molecule has 0 spiro atoms. The molecule has 0 aliphatic carbocycles. The molecule has 277 valence electrons. The van der Waals surface area contributed by atoms with Gasteiger partial charge in [0.25, 0.3) is 0 Å². The Morgan fingerprint density at radius 3 is 2.00 bits per heavy atom. The Morgan fingerprint density at radius 2 is 1.27 bits per heavy atom. The minimum Gasteiger partial charge on any atom is -0.500 e. The van der Waals surface area contributed by atoms with Gasteiger partial charge in [0.05, 0.1) is 13.7 Å². The molecule has 0 saturated carbocycles. The van der Waals surface area contributed by atoms with Gasteiger partial charge in [-0.2, -0.15) is 0 Å². The van der Waals surface area contributed by atoms with E-state index >= 15 is 0 Å². The van der Waals surface area contributed by atoms with Crippen molar-refractivity contribution in [3.8, 4) is 44.8 Å². The van der Waals surface area contributed by atoms with E-state index in [-0.39, 0.29) is 25.7 Å². The number of rotatable bonds is 7. The number of para-hydroxylation sites is 1. The molecule has 0 atom stereocenters. The molecule has 3 nitrogen and oxygen atoms in total. The molecule has 9 rings (SSSR count). The summed E-state index contributed by atoms with van der Waals surface area (Å²) in [5, 5.41) is 3.01. The molecule has 3 heterocycles. The van der Waals surface area contributed by atoms with Gasteiger partial charge in [-0.25, -0.2) is 0 Å². The van der Waals surface area contributed by atoms with Gasteiger partial charge in [0, 0.05) is 50.3 Å². The maximum Gasteiger partial charge on any atom is 0.120 e. The summed E-state index contributed by atoms with van der Waals surface area (Å²) in [6, 6.07) is 56.8. The summed E-state index contributed by atoms with van der Waals surface area (Å²) in [6.45, 7) is 4.44. The summed E-state index contributed by atoms with van der Waals surface area (Å²) >= 11 is 0. The van der Waals surface area contributed by atoms with Crippen LogP contribution in [0.2, 0.25) is 19.6 Å². The van der Waals surface area contributed by atoms with E-state index in [2.05, 4.69) is 55.0 Å². The van der Waals surface area contributed by atoms with E-state index in [0.29, 0.717) is 22.4 Å². The summed E-state index contributed by atoms with van der Waals surface area (Å²) < 4.78 is 47.9. The Balaban J connectivity index is 0.000000181. The van der Waals surface area contributed by atoms with Gasteiger partial charge in [0.1, 0.15) is 5.58 Å². The third-order valence-corrected chi connectivity index (χ3v) is 11.5. The predicted molar refractivity (Wildman–Crippen MR) is 232 cm³/mol. The zero-order valence-electron chi connectivity index (χ0n) is 36.3. The van der Waals surface area contributed by atoms with Crippen LogP contribution in [-0.2, 0) is 26.5 Å². The van der Waals surface area contributed by atoms with Gasteiger partial charge in [-0.15, -0.1) is 59.2 Å². The molecule has 0 aliphatic rings. The van der Waals surface area contributed by atoms with Crippen molar-refractivity contribution in [2.45, 2.75) is 32.9 Å². The summed E-state index contributed by atoms with van der Waals surface area (Å²) in [5.74, 6) is 0. The van der Waals surface area contributed by atoms with Crippen LogP contribution in [0, 0.1) is 19.0 Å². The predicted octanol–water partition coefficient (Wildman–Crippen LogP) is 12.8. The standard InChI is InChI=1S/C27H26NSi.C24H16NO.Ir/c1-29(2,3)27-20-28-26(19-25(27)17-21-11-6-4-7-12-21)24-16-10-15-23(18-24)22-13-8-5-9-14-22;1-16-13-22(25-15-21(16)17-7-3-2-4-8-17)18-11-12-24-20(14-18)19-9-5-6-10-23(19)26-24;/h4-15,18-20H,17H2,1-3H3;2-10,12-15H,1H3;/q2*-1;/i17D2;1D3;. The molecule has 6 aromatic carbocycles. The molecule has 3 aromatic heterocycles. The number of pyridine rings is 2. The van der Waals surface area contributed by atoms with Gasteiger partial charge in [-0.1, -0.05) is 152 Å². The minimum atomic E-state index is -2.25. The van der Waals surface area contributed by atoms with Crippen LogP contribution in [-0.4, -0.2) is 18.0 Å². The van der Waals surface area contributed by atoms with E-state index in [1.807, 2.05) is 134 Å². The maximum atomic E-state index is 9.02. The molecule has 5 heteroatoms. The van der Waals surface area contributed by atoms with Gasteiger partial charge in [0.2, 0.25) is 0 Å². The van der Waals surface area contributed by atoms with Crippen molar-refractivity contribution in [3.63, 3.8) is 0 Å². The molecule has 0 aliphatic heterocycles. The molecule has 0 bridgehead atoms. The van der Waals surface area contributed by atoms with Crippen LogP contribution in [0.4, 0.5) is 0 Å². The van der Waals surface area contributed by atoms with Crippen molar-refractivity contribution in [2.75, 3.05) is 0 Å². The quantitative estimate of drug-likeness (QED) is 0.118. The first-order valence-electron chi connectivity index (χ1n) is 20.8. The minimum absolute atomic E-state index is 0. The van der Waals surface area contributed by atoms with Gasteiger partial charge in [-0.3, -0.25) is 0 Å². The first-order chi connectivity index (χ1) is 28.8. The molecule has 9 aromatic rings.